The molecular formula is C12H15N3O. The molecule has 3 heterocycles. The van der Waals surface area contributed by atoms with E-state index in [1.165, 1.54) is 0 Å². The highest BCUT2D eigenvalue weighted by molar-refractivity contribution is 5.45. The molecule has 2 aromatic heterocycles. The van der Waals surface area contributed by atoms with E-state index in [1.807, 2.05) is 37.6 Å². The maximum absolute atomic E-state index is 5.57. The van der Waals surface area contributed by atoms with Crippen molar-refractivity contribution in [3.05, 3.63) is 36.0 Å². The summed E-state index contributed by atoms with van der Waals surface area (Å²) in [4.78, 5) is 8.40. The van der Waals surface area contributed by atoms with Gasteiger partial charge in [-0.05, 0) is 18.6 Å². The summed E-state index contributed by atoms with van der Waals surface area (Å²) in [5.41, 5.74) is 2.14. The average molecular weight is 217 g/mol. The molecule has 0 bridgehead atoms. The van der Waals surface area contributed by atoms with Crippen LogP contribution < -0.4 is 4.74 Å². The fraction of sp³-hybridized carbons (Fsp3) is 0.333. The van der Waals surface area contributed by atoms with Crippen LogP contribution in [0.25, 0.3) is 5.82 Å². The Bertz CT molecular complexity index is 491. The number of ether oxygens (including phenoxy) is 1. The van der Waals surface area contributed by atoms with Crippen LogP contribution in [0.3, 0.4) is 0 Å². The number of aryl methyl sites for hydroxylation is 1. The Hall–Kier alpha value is -1.84. The first kappa shape index (κ1) is 10.7. The van der Waals surface area contributed by atoms with E-state index in [0.29, 0.717) is 6.61 Å². The van der Waals surface area contributed by atoms with Crippen molar-refractivity contribution >= 4 is 0 Å². The van der Waals surface area contributed by atoms with Crippen molar-refractivity contribution in [1.29, 1.82) is 0 Å². The number of hydrogen-bond donors (Lipinski definition) is 0. The molecule has 0 amide bonds. The van der Waals surface area contributed by atoms with Crippen LogP contribution >= 0.6 is 0 Å². The molecule has 16 heavy (non-hydrogen) atoms. The van der Waals surface area contributed by atoms with Crippen LogP contribution in [0, 0.1) is 6.92 Å². The highest BCUT2D eigenvalue weighted by Gasteiger charge is 2.17. The third kappa shape index (κ3) is 1.66. The van der Waals surface area contributed by atoms with Crippen molar-refractivity contribution in [3.63, 3.8) is 0 Å². The minimum atomic E-state index is 0.568. The number of aromatic nitrogens is 3. The Balaban J connectivity index is 0.000000457. The number of imidazole rings is 1. The van der Waals surface area contributed by atoms with Crippen molar-refractivity contribution in [2.45, 2.75) is 27.4 Å². The molecule has 0 saturated carbocycles. The molecule has 0 radical (unpaired) electrons. The lowest BCUT2D eigenvalue weighted by Crippen LogP contribution is -2.13. The lowest BCUT2D eigenvalue weighted by atomic mass is 10.3. The summed E-state index contributed by atoms with van der Waals surface area (Å²) in [7, 11) is 0. The average Bonchev–Trinajstić information content (AvgIpc) is 2.79. The van der Waals surface area contributed by atoms with E-state index in [1.54, 1.807) is 12.5 Å². The van der Waals surface area contributed by atoms with Gasteiger partial charge >= 0.3 is 0 Å². The first-order valence-corrected chi connectivity index (χ1v) is 5.45. The maximum atomic E-state index is 5.57. The number of fused-ring (bicyclic) bond motifs is 3. The SMILES string of the molecule is CC.Cc1cnc2c(c1)OCc1cncn1-2. The molecule has 84 valence electrons. The summed E-state index contributed by atoms with van der Waals surface area (Å²) in [6, 6.07) is 1.99. The summed E-state index contributed by atoms with van der Waals surface area (Å²) in [6.07, 6.45) is 5.39. The highest BCUT2D eigenvalue weighted by Crippen LogP contribution is 2.27. The van der Waals surface area contributed by atoms with Gasteiger partial charge in [0.05, 0.1) is 11.9 Å². The maximum Gasteiger partial charge on any atom is 0.181 e. The van der Waals surface area contributed by atoms with Gasteiger partial charge in [-0.15, -0.1) is 0 Å². The largest absolute Gasteiger partial charge is 0.483 e. The van der Waals surface area contributed by atoms with Crippen molar-refractivity contribution in [3.8, 4) is 11.6 Å². The monoisotopic (exact) mass is 217 g/mol. The molecule has 0 fully saturated rings. The van der Waals surface area contributed by atoms with Gasteiger partial charge in [-0.25, -0.2) is 9.97 Å². The number of hydrogen-bond acceptors (Lipinski definition) is 3. The molecule has 0 atom stereocenters. The zero-order valence-corrected chi connectivity index (χ0v) is 9.77. The Morgan fingerprint density at radius 3 is 2.94 bits per heavy atom. The molecule has 0 aromatic carbocycles. The minimum Gasteiger partial charge on any atom is -0.483 e. The molecule has 3 rings (SSSR count). The Morgan fingerprint density at radius 1 is 1.31 bits per heavy atom. The standard InChI is InChI=1S/C10H9N3O.C2H6/c1-7-2-9-10(12-3-7)13-6-11-4-8(13)5-14-9;1-2/h2-4,6H,5H2,1H3;1-2H3. The van der Waals surface area contributed by atoms with Crippen LogP contribution in [0.1, 0.15) is 25.1 Å². The molecule has 0 unspecified atom stereocenters. The van der Waals surface area contributed by atoms with Gasteiger partial charge in [-0.3, -0.25) is 4.57 Å². The molecule has 0 spiro atoms. The van der Waals surface area contributed by atoms with Gasteiger partial charge in [-0.2, -0.15) is 0 Å². The summed E-state index contributed by atoms with van der Waals surface area (Å²) < 4.78 is 7.52. The predicted octanol–water partition coefficient (Wildman–Crippen LogP) is 2.49. The van der Waals surface area contributed by atoms with Crippen molar-refractivity contribution in [2.24, 2.45) is 0 Å². The van der Waals surface area contributed by atoms with Gasteiger partial charge in [-0.1, -0.05) is 13.8 Å². The molecule has 2 aromatic rings. The quantitative estimate of drug-likeness (QED) is 0.680. The van der Waals surface area contributed by atoms with Crippen molar-refractivity contribution < 1.29 is 4.74 Å². The zero-order chi connectivity index (χ0) is 11.5. The first-order chi connectivity index (χ1) is 7.84. The summed E-state index contributed by atoms with van der Waals surface area (Å²) in [5, 5.41) is 0. The van der Waals surface area contributed by atoms with E-state index in [2.05, 4.69) is 9.97 Å². The van der Waals surface area contributed by atoms with Gasteiger partial charge in [0, 0.05) is 6.20 Å². The molecule has 1 aliphatic rings. The second kappa shape index (κ2) is 4.35. The van der Waals surface area contributed by atoms with Crippen molar-refractivity contribution in [2.75, 3.05) is 0 Å². The van der Waals surface area contributed by atoms with E-state index in [0.717, 1.165) is 22.8 Å². The van der Waals surface area contributed by atoms with Crippen LogP contribution in [0.15, 0.2) is 24.8 Å². The highest BCUT2D eigenvalue weighted by atomic mass is 16.5. The lowest BCUT2D eigenvalue weighted by molar-refractivity contribution is 0.282. The van der Waals surface area contributed by atoms with E-state index in [-0.39, 0.29) is 0 Å². The van der Waals surface area contributed by atoms with Crippen LogP contribution in [-0.2, 0) is 6.61 Å². The normalized spacial score (nSPS) is 11.7. The zero-order valence-electron chi connectivity index (χ0n) is 9.77. The number of pyridine rings is 1. The van der Waals surface area contributed by atoms with E-state index >= 15 is 0 Å². The lowest BCUT2D eigenvalue weighted by Gasteiger charge is -2.18. The fourth-order valence-electron chi connectivity index (χ4n) is 1.59. The van der Waals surface area contributed by atoms with Crippen molar-refractivity contribution in [1.82, 2.24) is 14.5 Å². The molecule has 0 saturated heterocycles. The van der Waals surface area contributed by atoms with Gasteiger partial charge in [0.2, 0.25) is 0 Å². The second-order valence-corrected chi connectivity index (χ2v) is 3.38. The fourth-order valence-corrected chi connectivity index (χ4v) is 1.59. The summed E-state index contributed by atoms with van der Waals surface area (Å²) in [6.45, 7) is 6.57. The third-order valence-electron chi connectivity index (χ3n) is 2.29. The van der Waals surface area contributed by atoms with Gasteiger partial charge in [0.1, 0.15) is 12.9 Å². The van der Waals surface area contributed by atoms with Gasteiger partial charge in [0.15, 0.2) is 11.6 Å². The van der Waals surface area contributed by atoms with Gasteiger partial charge < -0.3 is 4.74 Å². The number of rotatable bonds is 0. The van der Waals surface area contributed by atoms with E-state index in [4.69, 9.17) is 4.74 Å². The van der Waals surface area contributed by atoms with Crippen LogP contribution in [0.4, 0.5) is 0 Å². The summed E-state index contributed by atoms with van der Waals surface area (Å²) in [5.74, 6) is 1.66. The minimum absolute atomic E-state index is 0.568. The smallest absolute Gasteiger partial charge is 0.181 e. The topological polar surface area (TPSA) is 39.9 Å². The van der Waals surface area contributed by atoms with Crippen LogP contribution in [-0.4, -0.2) is 14.5 Å². The van der Waals surface area contributed by atoms with Crippen LogP contribution in [0.5, 0.6) is 5.75 Å². The molecule has 0 aliphatic carbocycles. The van der Waals surface area contributed by atoms with Gasteiger partial charge in [0.25, 0.3) is 0 Å². The molecule has 1 aliphatic heterocycles. The Labute approximate surface area is 94.9 Å². The molecule has 0 N–H and O–H groups in total. The Morgan fingerprint density at radius 2 is 2.12 bits per heavy atom. The molecule has 4 nitrogen and oxygen atoms in total. The third-order valence-corrected chi connectivity index (χ3v) is 2.29. The summed E-state index contributed by atoms with van der Waals surface area (Å²) >= 11 is 0. The number of nitrogens with zero attached hydrogens (tertiary/aromatic N) is 3. The molecular weight excluding hydrogens is 202 g/mol. The predicted molar refractivity (Wildman–Crippen MR) is 61.8 cm³/mol. The first-order valence-electron chi connectivity index (χ1n) is 5.45. The van der Waals surface area contributed by atoms with Crippen LogP contribution in [0.2, 0.25) is 0 Å². The Kier molecular flexibility index (Phi) is 2.90. The van der Waals surface area contributed by atoms with E-state index < -0.39 is 0 Å². The van der Waals surface area contributed by atoms with E-state index in [9.17, 15) is 0 Å². The second-order valence-electron chi connectivity index (χ2n) is 3.38. The molecule has 4 heteroatoms.